The first-order valence-electron chi connectivity index (χ1n) is 10.3. The van der Waals surface area contributed by atoms with Gasteiger partial charge in [-0.3, -0.25) is 14.5 Å². The maximum absolute atomic E-state index is 12.7. The highest BCUT2D eigenvalue weighted by atomic mass is 16.5. The zero-order valence-corrected chi connectivity index (χ0v) is 17.0. The van der Waals surface area contributed by atoms with Crippen molar-refractivity contribution in [3.63, 3.8) is 0 Å². The van der Waals surface area contributed by atoms with Crippen LogP contribution in [0.25, 0.3) is 11.4 Å². The Balaban J connectivity index is 1.48. The Labute approximate surface area is 175 Å². The van der Waals surface area contributed by atoms with Crippen LogP contribution in [-0.2, 0) is 14.3 Å². The summed E-state index contributed by atoms with van der Waals surface area (Å²) in [5, 5.41) is 9.92. The first-order valence-corrected chi connectivity index (χ1v) is 10.3. The normalized spacial score (nSPS) is 24.5. The van der Waals surface area contributed by atoms with Crippen LogP contribution in [0.5, 0.6) is 0 Å². The first kappa shape index (κ1) is 20.5. The van der Waals surface area contributed by atoms with Gasteiger partial charge >= 0.3 is 0 Å². The predicted molar refractivity (Wildman–Crippen MR) is 108 cm³/mol. The number of hydrogen-bond acceptors (Lipinski definition) is 7. The molecule has 2 N–H and O–H groups in total. The summed E-state index contributed by atoms with van der Waals surface area (Å²) in [6.45, 7) is 3.08. The van der Waals surface area contributed by atoms with Crippen LogP contribution in [0.4, 0.5) is 0 Å². The molecule has 0 spiro atoms. The van der Waals surface area contributed by atoms with E-state index in [1.165, 1.54) is 0 Å². The van der Waals surface area contributed by atoms with E-state index in [0.29, 0.717) is 44.3 Å². The minimum Gasteiger partial charge on any atom is -0.379 e. The maximum atomic E-state index is 12.7. The SMILES string of the molecule is CNC(=O)[C@H]1C[C@H](NC(=O)CN2CCOCC2)[C@H](c2nc(-c3ccccc3)no2)C1. The fourth-order valence-electron chi connectivity index (χ4n) is 4.19. The van der Waals surface area contributed by atoms with Crippen molar-refractivity contribution in [2.45, 2.75) is 24.8 Å². The Morgan fingerprint density at radius 1 is 1.17 bits per heavy atom. The number of carbonyl (C=O) groups excluding carboxylic acids is 2. The van der Waals surface area contributed by atoms with E-state index in [-0.39, 0.29) is 29.7 Å². The van der Waals surface area contributed by atoms with Gasteiger partial charge in [0.2, 0.25) is 23.5 Å². The minimum atomic E-state index is -0.232. The molecule has 1 aromatic carbocycles. The second-order valence-electron chi connectivity index (χ2n) is 7.77. The van der Waals surface area contributed by atoms with Gasteiger partial charge in [-0.1, -0.05) is 35.5 Å². The standard InChI is InChI=1S/C21H27N5O4/c1-22-20(28)15-11-16(21-24-19(25-30-21)14-5-3-2-4-6-14)17(12-15)23-18(27)13-26-7-9-29-10-8-26/h2-6,15-17H,7-13H2,1H3,(H,22,28)(H,23,27)/t15-,16-,17+/m1/s1. The fraction of sp³-hybridized carbons (Fsp3) is 0.524. The Hall–Kier alpha value is -2.78. The maximum Gasteiger partial charge on any atom is 0.234 e. The molecule has 0 radical (unpaired) electrons. The number of carbonyl (C=O) groups is 2. The Morgan fingerprint density at radius 3 is 2.67 bits per heavy atom. The number of ether oxygens (including phenoxy) is 1. The van der Waals surface area contributed by atoms with E-state index in [4.69, 9.17) is 9.26 Å². The molecule has 1 saturated heterocycles. The second-order valence-corrected chi connectivity index (χ2v) is 7.77. The molecule has 2 heterocycles. The van der Waals surface area contributed by atoms with Crippen molar-refractivity contribution >= 4 is 11.8 Å². The summed E-state index contributed by atoms with van der Waals surface area (Å²) < 4.78 is 10.9. The van der Waals surface area contributed by atoms with Crippen LogP contribution in [0.2, 0.25) is 0 Å². The highest BCUT2D eigenvalue weighted by Crippen LogP contribution is 2.38. The molecule has 3 atom stereocenters. The average Bonchev–Trinajstić information content (AvgIpc) is 3.42. The molecule has 30 heavy (non-hydrogen) atoms. The third-order valence-corrected chi connectivity index (χ3v) is 5.79. The number of nitrogens with one attached hydrogen (secondary N) is 2. The van der Waals surface area contributed by atoms with E-state index >= 15 is 0 Å². The molecular formula is C21H27N5O4. The summed E-state index contributed by atoms with van der Waals surface area (Å²) in [5.74, 6) is 0.455. The van der Waals surface area contributed by atoms with Gasteiger partial charge < -0.3 is 19.9 Å². The molecule has 0 unspecified atom stereocenters. The van der Waals surface area contributed by atoms with Gasteiger partial charge in [0.05, 0.1) is 25.7 Å². The van der Waals surface area contributed by atoms with E-state index in [0.717, 1.165) is 18.7 Å². The average molecular weight is 413 g/mol. The zero-order valence-electron chi connectivity index (χ0n) is 17.0. The molecule has 9 nitrogen and oxygen atoms in total. The molecule has 1 aliphatic carbocycles. The minimum absolute atomic E-state index is 0.0345. The predicted octanol–water partition coefficient (Wildman–Crippen LogP) is 0.793. The number of nitrogens with zero attached hydrogens (tertiary/aromatic N) is 3. The monoisotopic (exact) mass is 413 g/mol. The van der Waals surface area contributed by atoms with Gasteiger partial charge in [0.1, 0.15) is 0 Å². The van der Waals surface area contributed by atoms with Crippen molar-refractivity contribution in [3.05, 3.63) is 36.2 Å². The van der Waals surface area contributed by atoms with Gasteiger partial charge in [-0.05, 0) is 12.8 Å². The number of morpholine rings is 1. The van der Waals surface area contributed by atoms with E-state index in [2.05, 4.69) is 25.7 Å². The Morgan fingerprint density at radius 2 is 1.93 bits per heavy atom. The molecule has 1 aliphatic heterocycles. The third-order valence-electron chi connectivity index (χ3n) is 5.79. The first-order chi connectivity index (χ1) is 14.6. The molecule has 0 bridgehead atoms. The quantitative estimate of drug-likeness (QED) is 0.721. The molecule has 1 aromatic heterocycles. The van der Waals surface area contributed by atoms with Crippen molar-refractivity contribution in [2.75, 3.05) is 39.9 Å². The second kappa shape index (κ2) is 9.36. The van der Waals surface area contributed by atoms with Crippen LogP contribution in [0.15, 0.2) is 34.9 Å². The van der Waals surface area contributed by atoms with Crippen LogP contribution in [0.3, 0.4) is 0 Å². The van der Waals surface area contributed by atoms with Crippen molar-refractivity contribution in [1.29, 1.82) is 0 Å². The molecule has 2 amide bonds. The third kappa shape index (κ3) is 4.68. The summed E-state index contributed by atoms with van der Waals surface area (Å²) in [6.07, 6.45) is 1.10. The van der Waals surface area contributed by atoms with Gasteiger partial charge in [-0.15, -0.1) is 0 Å². The molecule has 160 valence electrons. The molecule has 4 rings (SSSR count). The Bertz CT molecular complexity index is 865. The molecular weight excluding hydrogens is 386 g/mol. The zero-order chi connectivity index (χ0) is 20.9. The summed E-state index contributed by atoms with van der Waals surface area (Å²) in [4.78, 5) is 31.5. The lowest BCUT2D eigenvalue weighted by molar-refractivity contribution is -0.125. The van der Waals surface area contributed by atoms with Crippen molar-refractivity contribution in [3.8, 4) is 11.4 Å². The molecule has 2 fully saturated rings. The number of hydrogen-bond donors (Lipinski definition) is 2. The van der Waals surface area contributed by atoms with Crippen LogP contribution in [-0.4, -0.2) is 72.8 Å². The van der Waals surface area contributed by atoms with Crippen LogP contribution in [0, 0.1) is 5.92 Å². The highest BCUT2D eigenvalue weighted by molar-refractivity contribution is 5.80. The van der Waals surface area contributed by atoms with Gasteiger partial charge in [-0.25, -0.2) is 0 Å². The topological polar surface area (TPSA) is 110 Å². The number of rotatable bonds is 6. The summed E-state index contributed by atoms with van der Waals surface area (Å²) in [7, 11) is 1.63. The van der Waals surface area contributed by atoms with Gasteiger partial charge in [0, 0.05) is 37.7 Å². The molecule has 1 saturated carbocycles. The smallest absolute Gasteiger partial charge is 0.234 e. The van der Waals surface area contributed by atoms with Crippen molar-refractivity contribution < 1.29 is 18.8 Å². The molecule has 2 aromatic rings. The van der Waals surface area contributed by atoms with E-state index in [1.54, 1.807) is 7.05 Å². The summed E-state index contributed by atoms with van der Waals surface area (Å²) in [6, 6.07) is 9.35. The molecule has 2 aliphatic rings. The lowest BCUT2D eigenvalue weighted by Crippen LogP contribution is -2.46. The van der Waals surface area contributed by atoms with E-state index < -0.39 is 0 Å². The van der Waals surface area contributed by atoms with Gasteiger partial charge in [0.25, 0.3) is 0 Å². The van der Waals surface area contributed by atoms with Crippen LogP contribution in [0.1, 0.15) is 24.7 Å². The van der Waals surface area contributed by atoms with Crippen molar-refractivity contribution in [2.24, 2.45) is 5.92 Å². The number of amides is 2. The summed E-state index contributed by atoms with van der Waals surface area (Å²) >= 11 is 0. The fourth-order valence-corrected chi connectivity index (χ4v) is 4.19. The van der Waals surface area contributed by atoms with Crippen LogP contribution >= 0.6 is 0 Å². The molecule has 9 heteroatoms. The number of aromatic nitrogens is 2. The van der Waals surface area contributed by atoms with Gasteiger partial charge in [0.15, 0.2) is 0 Å². The lowest BCUT2D eigenvalue weighted by Gasteiger charge is -2.27. The van der Waals surface area contributed by atoms with Crippen molar-refractivity contribution in [1.82, 2.24) is 25.7 Å². The lowest BCUT2D eigenvalue weighted by atomic mass is 10.0. The highest BCUT2D eigenvalue weighted by Gasteiger charge is 2.42. The van der Waals surface area contributed by atoms with Gasteiger partial charge in [-0.2, -0.15) is 4.98 Å². The largest absolute Gasteiger partial charge is 0.379 e. The van der Waals surface area contributed by atoms with Crippen LogP contribution < -0.4 is 10.6 Å². The Kier molecular flexibility index (Phi) is 6.39. The number of benzene rings is 1. The van der Waals surface area contributed by atoms with E-state index in [1.807, 2.05) is 30.3 Å². The van der Waals surface area contributed by atoms with E-state index in [9.17, 15) is 9.59 Å². The summed E-state index contributed by atoms with van der Waals surface area (Å²) in [5.41, 5.74) is 0.862.